The van der Waals surface area contributed by atoms with E-state index in [1.165, 1.54) is 81.7 Å². The highest BCUT2D eigenvalue weighted by Crippen LogP contribution is 2.46. The van der Waals surface area contributed by atoms with Crippen molar-refractivity contribution < 1.29 is 0 Å². The van der Waals surface area contributed by atoms with Crippen molar-refractivity contribution >= 4 is 75.9 Å². The van der Waals surface area contributed by atoms with Crippen LogP contribution in [0.1, 0.15) is 17.0 Å². The van der Waals surface area contributed by atoms with Crippen molar-refractivity contribution in [3.8, 4) is 50.7 Å². The Balaban J connectivity index is 0.941. The van der Waals surface area contributed by atoms with E-state index in [1.54, 1.807) is 0 Å². The summed E-state index contributed by atoms with van der Waals surface area (Å²) < 4.78 is 4.97. The Bertz CT molecular complexity index is 4690. The molecule has 0 unspecified atom stereocenters. The lowest BCUT2D eigenvalue weighted by molar-refractivity contribution is 0.786. The summed E-state index contributed by atoms with van der Waals surface area (Å²) >= 11 is 0. The zero-order valence-electron chi connectivity index (χ0n) is 41.5. The molecule has 0 aliphatic carbocycles. The van der Waals surface area contributed by atoms with Crippen molar-refractivity contribution in [1.29, 1.82) is 0 Å². The van der Waals surface area contributed by atoms with Crippen molar-refractivity contribution in [2.75, 3.05) is 0 Å². The Hall–Kier alpha value is -9.97. The fourth-order valence-corrected chi connectivity index (χ4v) is 12.0. The largest absolute Gasteiger partial charge is 0.331 e. The van der Waals surface area contributed by atoms with Gasteiger partial charge in [-0.25, -0.2) is 15.0 Å². The number of aromatic nitrogens is 5. The fraction of sp³-hybridized carbons (Fsp3) is 0.0282. The summed E-state index contributed by atoms with van der Waals surface area (Å²) in [7, 11) is 0. The molecule has 76 heavy (non-hydrogen) atoms. The van der Waals surface area contributed by atoms with Gasteiger partial charge in [-0.3, -0.25) is 0 Å². The highest BCUT2D eigenvalue weighted by atomic mass is 15.1. The molecule has 0 bridgehead atoms. The molecular formula is C71H47N5. The minimum Gasteiger partial charge on any atom is -0.331 e. The lowest BCUT2D eigenvalue weighted by Crippen LogP contribution is -2.09. The second-order valence-corrected chi connectivity index (χ2v) is 19.9. The average molecular weight is 970 g/mol. The molecule has 5 nitrogen and oxygen atoms in total. The molecule has 15 rings (SSSR count). The molecule has 0 saturated heterocycles. The number of hydrogen-bond acceptors (Lipinski definition) is 3. The molecule has 5 heteroatoms. The van der Waals surface area contributed by atoms with Crippen molar-refractivity contribution in [3.05, 3.63) is 278 Å². The standard InChI is InChI=1S/C71H47N5/c1-4-20-48(21-5-1)49-36-38-52(39-37-49)71-73-66(72-70(74-71)51-24-8-3-9-25-51)45-75-64-33-16-15-32-60(64)67-61(50-22-6-2-7-23-50)44-63-59-31-14-17-34-65(59)76(68(63)69(67)75)53-26-18-19-46(42-53)41-47-35-40-58-56-29-11-10-27-54(56)55-28-12-13-30-57(55)62(58)43-47/h1-40,42-44H,41,45H2. The summed E-state index contributed by atoms with van der Waals surface area (Å²) in [6.45, 7) is 0.405. The van der Waals surface area contributed by atoms with Gasteiger partial charge in [-0.1, -0.05) is 231 Å². The summed E-state index contributed by atoms with van der Waals surface area (Å²) in [5.41, 5.74) is 14.7. The minimum absolute atomic E-state index is 0.405. The lowest BCUT2D eigenvalue weighted by atomic mass is 9.92. The molecule has 356 valence electrons. The van der Waals surface area contributed by atoms with Crippen LogP contribution in [0.25, 0.3) is 127 Å². The first-order chi connectivity index (χ1) is 37.7. The quantitative estimate of drug-likeness (QED) is 0.135. The normalized spacial score (nSPS) is 11.8. The summed E-state index contributed by atoms with van der Waals surface area (Å²) in [4.78, 5) is 15.8. The highest BCUT2D eigenvalue weighted by Gasteiger charge is 2.25. The summed E-state index contributed by atoms with van der Waals surface area (Å²) in [6.07, 6.45) is 0.788. The van der Waals surface area contributed by atoms with Gasteiger partial charge in [0.05, 0.1) is 23.1 Å². The van der Waals surface area contributed by atoms with E-state index in [9.17, 15) is 0 Å². The van der Waals surface area contributed by atoms with Gasteiger partial charge in [-0.05, 0) is 102 Å². The molecule has 3 heterocycles. The third-order valence-corrected chi connectivity index (χ3v) is 15.4. The van der Waals surface area contributed by atoms with E-state index >= 15 is 0 Å². The Morgan fingerprint density at radius 1 is 0.303 bits per heavy atom. The van der Waals surface area contributed by atoms with Gasteiger partial charge in [0.1, 0.15) is 0 Å². The summed E-state index contributed by atoms with van der Waals surface area (Å²) in [5, 5.41) is 12.5. The Kier molecular flexibility index (Phi) is 10.3. The Labute approximate surface area is 439 Å². The van der Waals surface area contributed by atoms with E-state index in [4.69, 9.17) is 15.0 Å². The van der Waals surface area contributed by atoms with Crippen molar-refractivity contribution in [2.24, 2.45) is 0 Å². The van der Waals surface area contributed by atoms with Gasteiger partial charge < -0.3 is 9.13 Å². The van der Waals surface area contributed by atoms with Crippen LogP contribution in [0.2, 0.25) is 0 Å². The monoisotopic (exact) mass is 969 g/mol. The van der Waals surface area contributed by atoms with Gasteiger partial charge in [0.2, 0.25) is 0 Å². The first-order valence-corrected chi connectivity index (χ1v) is 26.1. The molecule has 0 spiro atoms. The molecule has 0 saturated carbocycles. The van der Waals surface area contributed by atoms with Crippen molar-refractivity contribution in [1.82, 2.24) is 24.1 Å². The van der Waals surface area contributed by atoms with Crippen LogP contribution >= 0.6 is 0 Å². The van der Waals surface area contributed by atoms with E-state index < -0.39 is 0 Å². The molecule has 0 radical (unpaired) electrons. The maximum absolute atomic E-state index is 5.36. The SMILES string of the molecule is c1ccc(-c2ccc(-c3nc(Cn4c5ccccc5c5c(-c6ccccc6)cc6c7ccccc7n(-c7cccc(Cc8ccc9c%10ccccc%10c%10ccccc%10c9c8)c7)c6c54)nc(-c4ccccc4)n3)cc2)cc1. The maximum Gasteiger partial charge on any atom is 0.163 e. The third kappa shape index (κ3) is 7.27. The van der Waals surface area contributed by atoms with Gasteiger partial charge >= 0.3 is 0 Å². The summed E-state index contributed by atoms with van der Waals surface area (Å²) in [5.74, 6) is 1.96. The second-order valence-electron chi connectivity index (χ2n) is 19.9. The summed E-state index contributed by atoms with van der Waals surface area (Å²) in [6, 6.07) is 94.2. The van der Waals surface area contributed by atoms with Gasteiger partial charge in [0, 0.05) is 43.9 Å². The first-order valence-electron chi connectivity index (χ1n) is 26.1. The van der Waals surface area contributed by atoms with E-state index in [-0.39, 0.29) is 0 Å². The highest BCUT2D eigenvalue weighted by molar-refractivity contribution is 6.28. The first kappa shape index (κ1) is 43.6. The number of fused-ring (bicyclic) bond motifs is 13. The molecule has 15 aromatic rings. The molecule has 0 aliphatic rings. The number of benzene rings is 12. The van der Waals surface area contributed by atoms with E-state index in [0.29, 0.717) is 24.0 Å². The van der Waals surface area contributed by atoms with Gasteiger partial charge in [0.15, 0.2) is 17.5 Å². The zero-order chi connectivity index (χ0) is 50.1. The lowest BCUT2D eigenvalue weighted by Gasteiger charge is -2.15. The minimum atomic E-state index is 0.405. The molecule has 12 aromatic carbocycles. The molecule has 0 aliphatic heterocycles. The predicted molar refractivity (Wildman–Crippen MR) is 316 cm³/mol. The van der Waals surface area contributed by atoms with E-state index in [0.717, 1.165) is 50.9 Å². The van der Waals surface area contributed by atoms with Crippen LogP contribution in [0.4, 0.5) is 0 Å². The van der Waals surface area contributed by atoms with Crippen LogP contribution in [0, 0.1) is 0 Å². The maximum atomic E-state index is 5.36. The number of para-hydroxylation sites is 2. The van der Waals surface area contributed by atoms with Crippen LogP contribution in [0.15, 0.2) is 261 Å². The topological polar surface area (TPSA) is 48.5 Å². The molecule has 0 amide bonds. The van der Waals surface area contributed by atoms with E-state index in [1.807, 2.05) is 24.3 Å². The van der Waals surface area contributed by atoms with Gasteiger partial charge in [0.25, 0.3) is 0 Å². The van der Waals surface area contributed by atoms with Crippen LogP contribution in [-0.4, -0.2) is 24.1 Å². The molecule has 0 N–H and O–H groups in total. The predicted octanol–water partition coefficient (Wildman–Crippen LogP) is 17.8. The fourth-order valence-electron chi connectivity index (χ4n) is 12.0. The number of hydrogen-bond donors (Lipinski definition) is 0. The van der Waals surface area contributed by atoms with Gasteiger partial charge in [-0.15, -0.1) is 0 Å². The van der Waals surface area contributed by atoms with Crippen molar-refractivity contribution in [3.63, 3.8) is 0 Å². The van der Waals surface area contributed by atoms with Crippen molar-refractivity contribution in [2.45, 2.75) is 13.0 Å². The molecule has 0 atom stereocenters. The average Bonchev–Trinajstić information content (AvgIpc) is 4.05. The Morgan fingerprint density at radius 2 is 0.803 bits per heavy atom. The Morgan fingerprint density at radius 3 is 1.47 bits per heavy atom. The zero-order valence-corrected chi connectivity index (χ0v) is 41.5. The molecule has 3 aromatic heterocycles. The smallest absolute Gasteiger partial charge is 0.163 e. The number of rotatable bonds is 9. The number of nitrogens with zero attached hydrogens (tertiary/aromatic N) is 5. The van der Waals surface area contributed by atoms with Crippen LogP contribution in [0.3, 0.4) is 0 Å². The molecule has 0 fully saturated rings. The van der Waals surface area contributed by atoms with Crippen LogP contribution in [-0.2, 0) is 13.0 Å². The second kappa shape index (κ2) is 17.9. The van der Waals surface area contributed by atoms with E-state index in [2.05, 4.69) is 246 Å². The van der Waals surface area contributed by atoms with Gasteiger partial charge in [-0.2, -0.15) is 0 Å². The van der Waals surface area contributed by atoms with Crippen LogP contribution < -0.4 is 0 Å². The third-order valence-electron chi connectivity index (χ3n) is 15.4. The van der Waals surface area contributed by atoms with Crippen LogP contribution in [0.5, 0.6) is 0 Å². The molecular weight excluding hydrogens is 923 g/mol.